The van der Waals surface area contributed by atoms with Crippen LogP contribution in [0.1, 0.15) is 38.3 Å². The van der Waals surface area contributed by atoms with Crippen LogP contribution < -0.4 is 14.8 Å². The molecule has 0 radical (unpaired) electrons. The average Bonchev–Trinajstić information content (AvgIpc) is 2.51. The van der Waals surface area contributed by atoms with Crippen LogP contribution >= 0.6 is 0 Å². The van der Waals surface area contributed by atoms with Gasteiger partial charge in [0.15, 0.2) is 11.5 Å². The molecular weight excluding hydrogens is 254 g/mol. The lowest BCUT2D eigenvalue weighted by Gasteiger charge is -2.28. The molecule has 0 saturated heterocycles. The van der Waals surface area contributed by atoms with Gasteiger partial charge in [0.25, 0.3) is 0 Å². The van der Waals surface area contributed by atoms with Crippen LogP contribution in [0.2, 0.25) is 0 Å². The van der Waals surface area contributed by atoms with Gasteiger partial charge in [-0.25, -0.2) is 0 Å². The fourth-order valence-corrected chi connectivity index (χ4v) is 2.56. The quantitative estimate of drug-likeness (QED) is 0.833. The Kier molecular flexibility index (Phi) is 5.68. The molecule has 1 aliphatic rings. The molecule has 0 spiro atoms. The van der Waals surface area contributed by atoms with Crippen molar-refractivity contribution in [2.45, 2.75) is 38.8 Å². The maximum atomic E-state index is 5.67. The minimum absolute atomic E-state index is 0.157. The predicted molar refractivity (Wildman–Crippen MR) is 79.6 cm³/mol. The molecule has 1 aliphatic heterocycles. The van der Waals surface area contributed by atoms with E-state index in [1.54, 1.807) is 7.11 Å². The van der Waals surface area contributed by atoms with Gasteiger partial charge in [-0.2, -0.15) is 0 Å². The van der Waals surface area contributed by atoms with Crippen LogP contribution in [0, 0.1) is 0 Å². The minimum atomic E-state index is 0.157. The van der Waals surface area contributed by atoms with E-state index in [2.05, 4.69) is 31.3 Å². The lowest BCUT2D eigenvalue weighted by molar-refractivity contribution is 0.0648. The first-order valence-electron chi connectivity index (χ1n) is 7.45. The zero-order chi connectivity index (χ0) is 14.4. The Morgan fingerprint density at radius 1 is 1.20 bits per heavy atom. The van der Waals surface area contributed by atoms with Gasteiger partial charge in [0.2, 0.25) is 0 Å². The standard InChI is InChI=1S/C16H25NO3/c1-4-8-17-16(13(5-2)18-3)12-6-7-14-15(11-12)20-10-9-19-14/h6-7,11,13,16-17H,4-5,8-10H2,1-3H3. The smallest absolute Gasteiger partial charge is 0.161 e. The van der Waals surface area contributed by atoms with Gasteiger partial charge in [-0.15, -0.1) is 0 Å². The molecule has 4 nitrogen and oxygen atoms in total. The van der Waals surface area contributed by atoms with E-state index in [4.69, 9.17) is 14.2 Å². The maximum absolute atomic E-state index is 5.67. The number of rotatable bonds is 7. The maximum Gasteiger partial charge on any atom is 0.161 e. The van der Waals surface area contributed by atoms with Crippen molar-refractivity contribution in [3.05, 3.63) is 23.8 Å². The summed E-state index contributed by atoms with van der Waals surface area (Å²) in [6, 6.07) is 6.35. The summed E-state index contributed by atoms with van der Waals surface area (Å²) in [6.45, 7) is 6.53. The SMILES string of the molecule is CCCNC(c1ccc2c(c1)OCCO2)C(CC)OC. The summed E-state index contributed by atoms with van der Waals surface area (Å²) in [5, 5.41) is 3.57. The van der Waals surface area contributed by atoms with Gasteiger partial charge in [0.1, 0.15) is 13.2 Å². The lowest BCUT2D eigenvalue weighted by Crippen LogP contribution is -2.33. The van der Waals surface area contributed by atoms with Crippen molar-refractivity contribution in [1.29, 1.82) is 0 Å². The number of benzene rings is 1. The summed E-state index contributed by atoms with van der Waals surface area (Å²) >= 11 is 0. The van der Waals surface area contributed by atoms with E-state index in [1.165, 1.54) is 5.56 Å². The molecule has 1 aromatic carbocycles. The van der Waals surface area contributed by atoms with E-state index >= 15 is 0 Å². The van der Waals surface area contributed by atoms with Crippen molar-refractivity contribution in [2.75, 3.05) is 26.9 Å². The highest BCUT2D eigenvalue weighted by Gasteiger charge is 2.23. The second kappa shape index (κ2) is 7.50. The summed E-state index contributed by atoms with van der Waals surface area (Å²) in [4.78, 5) is 0. The fourth-order valence-electron chi connectivity index (χ4n) is 2.56. The van der Waals surface area contributed by atoms with Gasteiger partial charge >= 0.3 is 0 Å². The van der Waals surface area contributed by atoms with Gasteiger partial charge in [0.05, 0.1) is 12.1 Å². The van der Waals surface area contributed by atoms with E-state index in [0.29, 0.717) is 13.2 Å². The summed E-state index contributed by atoms with van der Waals surface area (Å²) < 4.78 is 16.9. The van der Waals surface area contributed by atoms with Crippen LogP contribution in [-0.2, 0) is 4.74 Å². The number of ether oxygens (including phenoxy) is 3. The highest BCUT2D eigenvalue weighted by Crippen LogP contribution is 2.34. The van der Waals surface area contributed by atoms with Gasteiger partial charge in [-0.3, -0.25) is 0 Å². The summed E-state index contributed by atoms with van der Waals surface area (Å²) in [7, 11) is 1.77. The van der Waals surface area contributed by atoms with Crippen LogP contribution in [0.4, 0.5) is 0 Å². The highest BCUT2D eigenvalue weighted by molar-refractivity contribution is 5.44. The second-order valence-electron chi connectivity index (χ2n) is 5.02. The topological polar surface area (TPSA) is 39.7 Å². The molecule has 2 unspecified atom stereocenters. The Bertz CT molecular complexity index is 418. The Morgan fingerprint density at radius 3 is 2.60 bits per heavy atom. The van der Waals surface area contributed by atoms with E-state index < -0.39 is 0 Å². The van der Waals surface area contributed by atoms with Gasteiger partial charge in [-0.1, -0.05) is 19.9 Å². The molecule has 4 heteroatoms. The zero-order valence-electron chi connectivity index (χ0n) is 12.6. The number of hydrogen-bond donors (Lipinski definition) is 1. The minimum Gasteiger partial charge on any atom is -0.486 e. The largest absolute Gasteiger partial charge is 0.486 e. The molecule has 0 bridgehead atoms. The first-order chi connectivity index (χ1) is 9.80. The number of fused-ring (bicyclic) bond motifs is 1. The molecule has 0 saturated carbocycles. The van der Waals surface area contributed by atoms with Crippen LogP contribution in [0.5, 0.6) is 11.5 Å². The summed E-state index contributed by atoms with van der Waals surface area (Å²) in [6.07, 6.45) is 2.22. The second-order valence-corrected chi connectivity index (χ2v) is 5.02. The molecule has 20 heavy (non-hydrogen) atoms. The Labute approximate surface area is 121 Å². The molecule has 1 aromatic rings. The van der Waals surface area contributed by atoms with Gasteiger partial charge in [0, 0.05) is 7.11 Å². The molecule has 0 fully saturated rings. The van der Waals surface area contributed by atoms with Crippen LogP contribution in [0.3, 0.4) is 0 Å². The molecule has 0 amide bonds. The molecule has 2 rings (SSSR count). The summed E-state index contributed by atoms with van der Waals surface area (Å²) in [5.74, 6) is 1.67. The number of methoxy groups -OCH3 is 1. The molecular formula is C16H25NO3. The Balaban J connectivity index is 2.22. The monoisotopic (exact) mass is 279 g/mol. The molecule has 0 aromatic heterocycles. The molecule has 2 atom stereocenters. The first kappa shape index (κ1) is 15.1. The average molecular weight is 279 g/mol. The third-order valence-electron chi connectivity index (χ3n) is 3.62. The highest BCUT2D eigenvalue weighted by atomic mass is 16.6. The lowest BCUT2D eigenvalue weighted by atomic mass is 9.98. The summed E-state index contributed by atoms with van der Waals surface area (Å²) in [5.41, 5.74) is 1.19. The van der Waals surface area contributed by atoms with Crippen molar-refractivity contribution < 1.29 is 14.2 Å². The van der Waals surface area contributed by atoms with E-state index in [1.807, 2.05) is 6.07 Å². The van der Waals surface area contributed by atoms with Crippen molar-refractivity contribution in [3.63, 3.8) is 0 Å². The van der Waals surface area contributed by atoms with Gasteiger partial charge < -0.3 is 19.5 Å². The molecule has 1 heterocycles. The van der Waals surface area contributed by atoms with Crippen molar-refractivity contribution >= 4 is 0 Å². The van der Waals surface area contributed by atoms with Crippen molar-refractivity contribution in [1.82, 2.24) is 5.32 Å². The third kappa shape index (κ3) is 3.44. The van der Waals surface area contributed by atoms with Crippen LogP contribution in [-0.4, -0.2) is 33.0 Å². The zero-order valence-corrected chi connectivity index (χ0v) is 12.6. The van der Waals surface area contributed by atoms with Crippen molar-refractivity contribution in [2.24, 2.45) is 0 Å². The Morgan fingerprint density at radius 2 is 1.95 bits per heavy atom. The Hall–Kier alpha value is -1.26. The molecule has 0 aliphatic carbocycles. The molecule has 1 N–H and O–H groups in total. The van der Waals surface area contributed by atoms with Gasteiger partial charge in [-0.05, 0) is 37.1 Å². The first-order valence-corrected chi connectivity index (χ1v) is 7.45. The van der Waals surface area contributed by atoms with E-state index in [0.717, 1.165) is 30.9 Å². The van der Waals surface area contributed by atoms with E-state index in [9.17, 15) is 0 Å². The van der Waals surface area contributed by atoms with E-state index in [-0.39, 0.29) is 12.1 Å². The van der Waals surface area contributed by atoms with Crippen LogP contribution in [0.15, 0.2) is 18.2 Å². The molecule has 112 valence electrons. The predicted octanol–water partition coefficient (Wildman–Crippen LogP) is 2.92. The third-order valence-corrected chi connectivity index (χ3v) is 3.62. The fraction of sp³-hybridized carbons (Fsp3) is 0.625. The normalized spacial score (nSPS) is 16.8. The van der Waals surface area contributed by atoms with Crippen LogP contribution in [0.25, 0.3) is 0 Å². The van der Waals surface area contributed by atoms with Crippen molar-refractivity contribution in [3.8, 4) is 11.5 Å². The number of hydrogen-bond acceptors (Lipinski definition) is 4. The number of nitrogens with one attached hydrogen (secondary N) is 1.